The highest BCUT2D eigenvalue weighted by atomic mass is 16.2. The normalized spacial score (nSPS) is 23.8. The lowest BCUT2D eigenvalue weighted by Gasteiger charge is -2.39. The van der Waals surface area contributed by atoms with Crippen LogP contribution in [-0.2, 0) is 4.79 Å². The zero-order valence-corrected chi connectivity index (χ0v) is 11.7. The van der Waals surface area contributed by atoms with E-state index in [2.05, 4.69) is 4.90 Å². The Morgan fingerprint density at radius 1 is 1.12 bits per heavy atom. The predicted octanol–water partition coefficient (Wildman–Crippen LogP) is 2.12. The number of nitrogens with zero attached hydrogens (tertiary/aromatic N) is 2. The quantitative estimate of drug-likeness (QED) is 0.735. The van der Waals surface area contributed by atoms with Crippen molar-refractivity contribution in [2.24, 2.45) is 5.41 Å². The van der Waals surface area contributed by atoms with E-state index in [0.29, 0.717) is 6.04 Å². The van der Waals surface area contributed by atoms with E-state index in [0.717, 1.165) is 18.9 Å². The summed E-state index contributed by atoms with van der Waals surface area (Å²) >= 11 is 0. The summed E-state index contributed by atoms with van der Waals surface area (Å²) in [6.07, 6.45) is 5.08. The number of hydrogen-bond donors (Lipinski definition) is 0. The summed E-state index contributed by atoms with van der Waals surface area (Å²) in [4.78, 5) is 16.8. The highest BCUT2D eigenvalue weighted by Crippen LogP contribution is 2.30. The lowest BCUT2D eigenvalue weighted by atomic mass is 9.92. The molecule has 1 saturated carbocycles. The second-order valence-corrected chi connectivity index (χ2v) is 6.66. The standard InChI is InChI=1S/C14H26N2O/c1-14(2,3)13(17)15(4)11-7-9-16(10-8-11)12-5-6-12/h11-12H,5-10H2,1-4H3. The Morgan fingerprint density at radius 2 is 1.65 bits per heavy atom. The van der Waals surface area contributed by atoms with E-state index in [9.17, 15) is 4.79 Å². The van der Waals surface area contributed by atoms with Crippen LogP contribution in [0.25, 0.3) is 0 Å². The molecular weight excluding hydrogens is 212 g/mol. The maximum Gasteiger partial charge on any atom is 0.227 e. The molecule has 0 radical (unpaired) electrons. The largest absolute Gasteiger partial charge is 0.342 e. The van der Waals surface area contributed by atoms with Crippen molar-refractivity contribution < 1.29 is 4.79 Å². The molecule has 1 saturated heterocycles. The maximum absolute atomic E-state index is 12.2. The van der Waals surface area contributed by atoms with Crippen LogP contribution in [-0.4, -0.2) is 47.9 Å². The summed E-state index contributed by atoms with van der Waals surface area (Å²) in [5.41, 5.74) is -0.248. The SMILES string of the molecule is CN(C(=O)C(C)(C)C)C1CCN(C2CC2)CC1. The van der Waals surface area contributed by atoms with Crippen molar-refractivity contribution >= 4 is 5.91 Å². The van der Waals surface area contributed by atoms with Gasteiger partial charge in [0.25, 0.3) is 0 Å². The number of likely N-dealkylation sites (tertiary alicyclic amines) is 1. The first-order valence-corrected chi connectivity index (χ1v) is 6.91. The van der Waals surface area contributed by atoms with Crippen molar-refractivity contribution in [1.29, 1.82) is 0 Å². The van der Waals surface area contributed by atoms with Gasteiger partial charge >= 0.3 is 0 Å². The van der Waals surface area contributed by atoms with E-state index in [1.54, 1.807) is 0 Å². The molecule has 2 rings (SSSR count). The molecule has 0 atom stereocenters. The Balaban J connectivity index is 1.85. The Labute approximate surface area is 105 Å². The molecule has 1 amide bonds. The van der Waals surface area contributed by atoms with Crippen LogP contribution in [0.1, 0.15) is 46.5 Å². The van der Waals surface area contributed by atoms with Gasteiger partial charge in [-0.2, -0.15) is 0 Å². The molecule has 98 valence electrons. The molecule has 0 bridgehead atoms. The summed E-state index contributed by atoms with van der Waals surface area (Å²) in [6, 6.07) is 1.33. The Morgan fingerprint density at radius 3 is 2.06 bits per heavy atom. The highest BCUT2D eigenvalue weighted by Gasteiger charge is 2.35. The zero-order chi connectivity index (χ0) is 12.6. The molecule has 0 aromatic carbocycles. The topological polar surface area (TPSA) is 23.6 Å². The third-order valence-corrected chi connectivity index (χ3v) is 4.07. The molecule has 0 aromatic heterocycles. The van der Waals surface area contributed by atoms with Crippen LogP contribution >= 0.6 is 0 Å². The van der Waals surface area contributed by atoms with Gasteiger partial charge in [0.05, 0.1) is 0 Å². The van der Waals surface area contributed by atoms with Crippen LogP contribution in [0.15, 0.2) is 0 Å². The lowest BCUT2D eigenvalue weighted by Crippen LogP contribution is -2.49. The van der Waals surface area contributed by atoms with Gasteiger partial charge in [-0.15, -0.1) is 0 Å². The van der Waals surface area contributed by atoms with Crippen LogP contribution in [0, 0.1) is 5.41 Å². The van der Waals surface area contributed by atoms with Crippen LogP contribution in [0.4, 0.5) is 0 Å². The van der Waals surface area contributed by atoms with Gasteiger partial charge in [-0.25, -0.2) is 0 Å². The minimum absolute atomic E-state index is 0.248. The monoisotopic (exact) mass is 238 g/mol. The van der Waals surface area contributed by atoms with Crippen LogP contribution in [0.5, 0.6) is 0 Å². The minimum atomic E-state index is -0.248. The molecular formula is C14H26N2O. The molecule has 3 heteroatoms. The van der Waals surface area contributed by atoms with Crippen molar-refractivity contribution in [3.05, 3.63) is 0 Å². The van der Waals surface area contributed by atoms with Crippen molar-refractivity contribution in [2.45, 2.75) is 58.5 Å². The minimum Gasteiger partial charge on any atom is -0.342 e. The molecule has 1 heterocycles. The molecule has 2 fully saturated rings. The van der Waals surface area contributed by atoms with Gasteiger partial charge in [-0.05, 0) is 25.7 Å². The fourth-order valence-electron chi connectivity index (χ4n) is 2.77. The second-order valence-electron chi connectivity index (χ2n) is 6.66. The van der Waals surface area contributed by atoms with Crippen LogP contribution in [0.2, 0.25) is 0 Å². The van der Waals surface area contributed by atoms with E-state index in [4.69, 9.17) is 0 Å². The van der Waals surface area contributed by atoms with Crippen molar-refractivity contribution in [3.8, 4) is 0 Å². The van der Waals surface area contributed by atoms with Gasteiger partial charge in [-0.3, -0.25) is 4.79 Å². The maximum atomic E-state index is 12.2. The van der Waals surface area contributed by atoms with Crippen molar-refractivity contribution in [1.82, 2.24) is 9.80 Å². The van der Waals surface area contributed by atoms with Crippen LogP contribution in [0.3, 0.4) is 0 Å². The number of amides is 1. The smallest absolute Gasteiger partial charge is 0.227 e. The van der Waals surface area contributed by atoms with E-state index in [1.165, 1.54) is 25.9 Å². The van der Waals surface area contributed by atoms with Gasteiger partial charge < -0.3 is 9.80 Å². The summed E-state index contributed by atoms with van der Waals surface area (Å²) in [7, 11) is 1.98. The van der Waals surface area contributed by atoms with E-state index in [1.807, 2.05) is 32.7 Å². The fraction of sp³-hybridized carbons (Fsp3) is 0.929. The zero-order valence-electron chi connectivity index (χ0n) is 11.7. The van der Waals surface area contributed by atoms with E-state index in [-0.39, 0.29) is 11.3 Å². The predicted molar refractivity (Wildman–Crippen MR) is 69.8 cm³/mol. The number of rotatable bonds is 2. The first-order chi connectivity index (χ1) is 7.89. The molecule has 17 heavy (non-hydrogen) atoms. The third-order valence-electron chi connectivity index (χ3n) is 4.07. The molecule has 0 N–H and O–H groups in total. The molecule has 0 spiro atoms. The highest BCUT2D eigenvalue weighted by molar-refractivity contribution is 5.81. The summed E-state index contributed by atoms with van der Waals surface area (Å²) in [5.74, 6) is 0.280. The third kappa shape index (κ3) is 3.01. The number of carbonyl (C=O) groups is 1. The number of piperidine rings is 1. The Kier molecular flexibility index (Phi) is 3.48. The molecule has 0 aromatic rings. The van der Waals surface area contributed by atoms with Gasteiger partial charge in [0.2, 0.25) is 5.91 Å². The molecule has 1 aliphatic heterocycles. The van der Waals surface area contributed by atoms with Crippen LogP contribution < -0.4 is 0 Å². The van der Waals surface area contributed by atoms with E-state index >= 15 is 0 Å². The second kappa shape index (κ2) is 4.60. The lowest BCUT2D eigenvalue weighted by molar-refractivity contribution is -0.141. The molecule has 1 aliphatic carbocycles. The number of carbonyl (C=O) groups excluding carboxylic acids is 1. The summed E-state index contributed by atoms with van der Waals surface area (Å²) in [5, 5.41) is 0. The fourth-order valence-corrected chi connectivity index (χ4v) is 2.77. The number of hydrogen-bond acceptors (Lipinski definition) is 2. The average Bonchev–Trinajstić information content (AvgIpc) is 3.10. The van der Waals surface area contributed by atoms with Gasteiger partial charge in [0.1, 0.15) is 0 Å². The van der Waals surface area contributed by atoms with Gasteiger partial charge in [0, 0.05) is 37.6 Å². The Hall–Kier alpha value is -0.570. The molecule has 0 unspecified atom stereocenters. The van der Waals surface area contributed by atoms with Crippen molar-refractivity contribution in [3.63, 3.8) is 0 Å². The first kappa shape index (κ1) is 12.9. The molecule has 2 aliphatic rings. The van der Waals surface area contributed by atoms with Gasteiger partial charge in [-0.1, -0.05) is 20.8 Å². The first-order valence-electron chi connectivity index (χ1n) is 6.91. The molecule has 3 nitrogen and oxygen atoms in total. The summed E-state index contributed by atoms with van der Waals surface area (Å²) in [6.45, 7) is 8.37. The van der Waals surface area contributed by atoms with Crippen molar-refractivity contribution in [2.75, 3.05) is 20.1 Å². The Bertz CT molecular complexity index is 283. The van der Waals surface area contributed by atoms with Gasteiger partial charge in [0.15, 0.2) is 0 Å². The van der Waals surface area contributed by atoms with E-state index < -0.39 is 0 Å². The summed E-state index contributed by atoms with van der Waals surface area (Å²) < 4.78 is 0. The average molecular weight is 238 g/mol.